The van der Waals surface area contributed by atoms with Gasteiger partial charge in [0, 0.05) is 45.2 Å². The molecule has 0 spiro atoms. The van der Waals surface area contributed by atoms with Crippen LogP contribution in [0.5, 0.6) is 0 Å². The highest BCUT2D eigenvalue weighted by atomic mass is 16.7. The molecule has 6 aliphatic rings. The Morgan fingerprint density at radius 1 is 0.857 bits per heavy atom. The lowest BCUT2D eigenvalue weighted by atomic mass is 9.56. The normalized spacial score (nSPS) is 45.7. The quantitative estimate of drug-likeness (QED) is 0.443. The maximum absolute atomic E-state index is 14.2. The van der Waals surface area contributed by atoms with Gasteiger partial charge in [0.2, 0.25) is 0 Å². The number of hydrogen-bond donors (Lipinski definition) is 0. The fourth-order valence-electron chi connectivity index (χ4n) is 9.44. The molecule has 0 amide bonds. The van der Waals surface area contributed by atoms with E-state index in [1.807, 2.05) is 6.92 Å². The molecule has 9 heteroatoms. The van der Waals surface area contributed by atoms with Crippen LogP contribution in [0.4, 0.5) is 0 Å². The lowest BCUT2D eigenvalue weighted by molar-refractivity contribution is -0.333. The molecule has 0 aromatic heterocycles. The number of ether oxygens (including phenoxy) is 6. The zero-order valence-corrected chi connectivity index (χ0v) is 25.3. The second-order valence-corrected chi connectivity index (χ2v) is 13.1. The van der Waals surface area contributed by atoms with Crippen LogP contribution in [0.2, 0.25) is 0 Å². The van der Waals surface area contributed by atoms with Gasteiger partial charge in [-0.2, -0.15) is 0 Å². The van der Waals surface area contributed by atoms with Gasteiger partial charge in [0.25, 0.3) is 0 Å². The SMILES string of the molecule is CO[C@@H]1[C@@H](OC)[C@H](C)O[C@H](OC23CC(=O)OCCCCCCC(=O)C2=CC2C4CCCC4C4C=CC(=O)C4C23)[C@@H]1OC. The Labute approximate surface area is 248 Å². The molecule has 9 nitrogen and oxygen atoms in total. The predicted octanol–water partition coefficient (Wildman–Crippen LogP) is 3.97. The minimum atomic E-state index is -1.39. The molecule has 2 saturated heterocycles. The van der Waals surface area contributed by atoms with Gasteiger partial charge in [-0.05, 0) is 62.4 Å². The maximum atomic E-state index is 14.2. The molecule has 42 heavy (non-hydrogen) atoms. The molecule has 0 aromatic rings. The third-order valence-corrected chi connectivity index (χ3v) is 11.1. The van der Waals surface area contributed by atoms with Crippen LogP contribution in [-0.4, -0.2) is 81.8 Å². The summed E-state index contributed by atoms with van der Waals surface area (Å²) in [5.74, 6) is -0.421. The van der Waals surface area contributed by atoms with Crippen molar-refractivity contribution in [1.82, 2.24) is 0 Å². The number of carbonyl (C=O) groups excluding carboxylic acids is 3. The Morgan fingerprint density at radius 3 is 2.31 bits per heavy atom. The Bertz CT molecular complexity index is 1110. The summed E-state index contributed by atoms with van der Waals surface area (Å²) in [7, 11) is 4.76. The van der Waals surface area contributed by atoms with Crippen LogP contribution in [0.3, 0.4) is 0 Å². The van der Waals surface area contributed by atoms with Crippen LogP contribution in [-0.2, 0) is 42.8 Å². The number of fused-ring (bicyclic) bond motifs is 8. The van der Waals surface area contributed by atoms with Crippen LogP contribution in [0, 0.1) is 35.5 Å². The largest absolute Gasteiger partial charge is 0.466 e. The summed E-state index contributed by atoms with van der Waals surface area (Å²) in [6.45, 7) is 2.21. The molecule has 0 radical (unpaired) electrons. The number of esters is 1. The molecule has 0 N–H and O–H groups in total. The van der Waals surface area contributed by atoms with Gasteiger partial charge in [-0.3, -0.25) is 14.4 Å². The van der Waals surface area contributed by atoms with Crippen LogP contribution in [0.1, 0.15) is 64.7 Å². The summed E-state index contributed by atoms with van der Waals surface area (Å²) in [4.78, 5) is 41.5. The lowest BCUT2D eigenvalue weighted by Gasteiger charge is -2.52. The fourth-order valence-corrected chi connectivity index (χ4v) is 9.44. The summed E-state index contributed by atoms with van der Waals surface area (Å²) in [5.41, 5.74) is -0.884. The highest BCUT2D eigenvalue weighted by molar-refractivity contribution is 6.00. The Hall–Kier alpha value is -1.91. The van der Waals surface area contributed by atoms with Gasteiger partial charge < -0.3 is 28.4 Å². The molecule has 6 rings (SSSR count). The smallest absolute Gasteiger partial charge is 0.309 e. The van der Waals surface area contributed by atoms with Crippen LogP contribution < -0.4 is 0 Å². The second-order valence-electron chi connectivity index (χ2n) is 13.1. The van der Waals surface area contributed by atoms with E-state index in [9.17, 15) is 14.4 Å². The summed E-state index contributed by atoms with van der Waals surface area (Å²) in [5, 5.41) is 0. The minimum absolute atomic E-state index is 0.0156. The van der Waals surface area contributed by atoms with Gasteiger partial charge in [-0.15, -0.1) is 0 Å². The van der Waals surface area contributed by atoms with Gasteiger partial charge in [0.05, 0.1) is 19.1 Å². The van der Waals surface area contributed by atoms with Crippen LogP contribution in [0.15, 0.2) is 23.8 Å². The van der Waals surface area contributed by atoms with Gasteiger partial charge in [0.1, 0.15) is 23.9 Å². The first-order chi connectivity index (χ1) is 20.3. The van der Waals surface area contributed by atoms with Crippen molar-refractivity contribution >= 4 is 17.5 Å². The number of hydrogen-bond acceptors (Lipinski definition) is 9. The van der Waals surface area contributed by atoms with E-state index in [0.29, 0.717) is 30.4 Å². The highest BCUT2D eigenvalue weighted by Gasteiger charge is 2.67. The molecule has 12 atom stereocenters. The van der Waals surface area contributed by atoms with Crippen molar-refractivity contribution in [3.63, 3.8) is 0 Å². The zero-order valence-electron chi connectivity index (χ0n) is 25.3. The standard InChI is InChI=1S/C33H46O9/c1-18-29(37-2)30(38-3)31(39-4)32(41-18)42-33-17-26(36)40-15-8-6-5-7-12-24(34)23(33)16-22-20-11-9-10-19(20)21-13-14-25(35)27(21)28(22)33/h13-14,16,18-22,27-32H,5-12,15,17H2,1-4H3/t18-,19?,20?,21?,22?,27?,28?,29-,30+,31+,32+,33?/m0/s1. The molecule has 2 heterocycles. The number of methoxy groups -OCH3 is 3. The summed E-state index contributed by atoms with van der Waals surface area (Å²) >= 11 is 0. The van der Waals surface area contributed by atoms with E-state index in [1.165, 1.54) is 0 Å². The van der Waals surface area contributed by atoms with E-state index < -0.39 is 48.2 Å². The van der Waals surface area contributed by atoms with Crippen molar-refractivity contribution < 1.29 is 42.8 Å². The second kappa shape index (κ2) is 12.2. The van der Waals surface area contributed by atoms with Crippen molar-refractivity contribution in [3.8, 4) is 0 Å². The Kier molecular flexibility index (Phi) is 8.78. The van der Waals surface area contributed by atoms with Gasteiger partial charge in [-0.1, -0.05) is 31.4 Å². The first kappa shape index (κ1) is 30.1. The molecular weight excluding hydrogens is 540 g/mol. The lowest BCUT2D eigenvalue weighted by Crippen LogP contribution is -2.63. The van der Waals surface area contributed by atoms with E-state index in [2.05, 4.69) is 12.2 Å². The van der Waals surface area contributed by atoms with E-state index >= 15 is 0 Å². The number of Topliss-reactive ketones (excluding diaryl/α,β-unsaturated/α-hetero) is 1. The average molecular weight is 587 g/mol. The monoisotopic (exact) mass is 586 g/mol. The summed E-state index contributed by atoms with van der Waals surface area (Å²) in [6, 6.07) is 0. The third-order valence-electron chi connectivity index (χ3n) is 11.1. The molecule has 4 fully saturated rings. The first-order valence-corrected chi connectivity index (χ1v) is 15.9. The third kappa shape index (κ3) is 4.93. The number of ketones is 2. The molecular formula is C33H46O9. The fraction of sp³-hybridized carbons (Fsp3) is 0.788. The van der Waals surface area contributed by atoms with Gasteiger partial charge in [0.15, 0.2) is 17.9 Å². The molecule has 2 saturated carbocycles. The van der Waals surface area contributed by atoms with E-state index in [0.717, 1.165) is 44.9 Å². The van der Waals surface area contributed by atoms with Crippen LogP contribution in [0.25, 0.3) is 0 Å². The topological polar surface area (TPSA) is 107 Å². The Balaban J connectivity index is 1.48. The summed E-state index contributed by atoms with van der Waals surface area (Å²) in [6.07, 6.45) is 9.60. The molecule has 7 unspecified atom stereocenters. The van der Waals surface area contributed by atoms with Crippen molar-refractivity contribution in [1.29, 1.82) is 0 Å². The highest BCUT2D eigenvalue weighted by Crippen LogP contribution is 2.64. The minimum Gasteiger partial charge on any atom is -0.466 e. The molecule has 4 aliphatic carbocycles. The van der Waals surface area contributed by atoms with Crippen molar-refractivity contribution in [2.45, 2.75) is 101 Å². The predicted molar refractivity (Wildman–Crippen MR) is 151 cm³/mol. The molecule has 0 aromatic carbocycles. The summed E-state index contributed by atoms with van der Waals surface area (Å²) < 4.78 is 36.8. The van der Waals surface area contributed by atoms with E-state index in [-0.39, 0.29) is 35.7 Å². The van der Waals surface area contributed by atoms with Crippen molar-refractivity contribution in [3.05, 3.63) is 23.8 Å². The molecule has 0 bridgehead atoms. The Morgan fingerprint density at radius 2 is 1.57 bits per heavy atom. The van der Waals surface area contributed by atoms with Crippen molar-refractivity contribution in [2.75, 3.05) is 27.9 Å². The number of cyclic esters (lactones) is 1. The van der Waals surface area contributed by atoms with E-state index in [4.69, 9.17) is 28.4 Å². The maximum Gasteiger partial charge on any atom is 0.309 e. The molecule has 2 aliphatic heterocycles. The number of rotatable bonds is 5. The number of carbonyl (C=O) groups is 3. The van der Waals surface area contributed by atoms with Crippen LogP contribution >= 0.6 is 0 Å². The molecule has 232 valence electrons. The first-order valence-electron chi connectivity index (χ1n) is 15.9. The zero-order chi connectivity index (χ0) is 29.6. The van der Waals surface area contributed by atoms with E-state index in [1.54, 1.807) is 27.4 Å². The van der Waals surface area contributed by atoms with Gasteiger partial charge >= 0.3 is 5.97 Å². The van der Waals surface area contributed by atoms with Gasteiger partial charge in [-0.25, -0.2) is 0 Å². The average Bonchev–Trinajstić information content (AvgIpc) is 3.67. The number of allylic oxidation sites excluding steroid dienone is 3. The van der Waals surface area contributed by atoms with Crippen molar-refractivity contribution in [2.24, 2.45) is 35.5 Å².